The molecule has 1 aliphatic rings. The van der Waals surface area contributed by atoms with Crippen molar-refractivity contribution in [1.82, 2.24) is 14.7 Å². The molecule has 120 valence electrons. The fourth-order valence-corrected chi connectivity index (χ4v) is 2.57. The van der Waals surface area contributed by atoms with Gasteiger partial charge in [-0.2, -0.15) is 5.10 Å². The number of rotatable bonds is 4. The Hall–Kier alpha value is -2.38. The lowest BCUT2D eigenvalue weighted by molar-refractivity contribution is -0.149. The molecule has 2 rings (SSSR count). The SMILES string of the molecule is CCOC(=O)[C@H]1CCCN(C(=O)c2nn(C)cc2C(=O)O)C1. The van der Waals surface area contributed by atoms with Crippen molar-refractivity contribution in [2.24, 2.45) is 13.0 Å². The van der Waals surface area contributed by atoms with Gasteiger partial charge in [0.15, 0.2) is 5.69 Å². The summed E-state index contributed by atoms with van der Waals surface area (Å²) in [5.41, 5.74) is -0.231. The zero-order valence-electron chi connectivity index (χ0n) is 12.6. The van der Waals surface area contributed by atoms with Gasteiger partial charge in [-0.3, -0.25) is 14.3 Å². The van der Waals surface area contributed by atoms with E-state index < -0.39 is 11.9 Å². The topological polar surface area (TPSA) is 102 Å². The number of likely N-dealkylation sites (tertiary alicyclic amines) is 1. The summed E-state index contributed by atoms with van der Waals surface area (Å²) in [6.45, 7) is 2.74. The summed E-state index contributed by atoms with van der Waals surface area (Å²) < 4.78 is 6.29. The highest BCUT2D eigenvalue weighted by molar-refractivity contribution is 6.03. The van der Waals surface area contributed by atoms with Gasteiger partial charge in [-0.1, -0.05) is 0 Å². The van der Waals surface area contributed by atoms with Crippen molar-refractivity contribution in [3.05, 3.63) is 17.5 Å². The van der Waals surface area contributed by atoms with E-state index in [1.807, 2.05) is 0 Å². The normalized spacial score (nSPS) is 18.1. The molecule has 1 aromatic heterocycles. The van der Waals surface area contributed by atoms with E-state index in [4.69, 9.17) is 9.84 Å². The highest BCUT2D eigenvalue weighted by atomic mass is 16.5. The average molecular weight is 309 g/mol. The molecule has 1 aliphatic heterocycles. The van der Waals surface area contributed by atoms with Crippen LogP contribution in [-0.4, -0.2) is 57.3 Å². The van der Waals surface area contributed by atoms with E-state index in [2.05, 4.69) is 5.10 Å². The van der Waals surface area contributed by atoms with Crippen molar-refractivity contribution in [3.63, 3.8) is 0 Å². The second-order valence-corrected chi connectivity index (χ2v) is 5.21. The molecule has 0 radical (unpaired) electrons. The largest absolute Gasteiger partial charge is 0.478 e. The van der Waals surface area contributed by atoms with E-state index in [1.54, 1.807) is 14.0 Å². The third-order valence-corrected chi connectivity index (χ3v) is 3.59. The molecule has 0 aliphatic carbocycles. The van der Waals surface area contributed by atoms with Gasteiger partial charge in [-0.25, -0.2) is 4.79 Å². The quantitative estimate of drug-likeness (QED) is 0.814. The lowest BCUT2D eigenvalue weighted by Crippen LogP contribution is -2.43. The van der Waals surface area contributed by atoms with Crippen LogP contribution in [0.5, 0.6) is 0 Å². The van der Waals surface area contributed by atoms with Gasteiger partial charge < -0.3 is 14.7 Å². The molecule has 8 heteroatoms. The maximum Gasteiger partial charge on any atom is 0.339 e. The second-order valence-electron chi connectivity index (χ2n) is 5.21. The molecule has 0 bridgehead atoms. The number of carboxylic acid groups (broad SMARTS) is 1. The number of ether oxygens (including phenoxy) is 1. The van der Waals surface area contributed by atoms with Crippen molar-refractivity contribution >= 4 is 17.8 Å². The molecule has 0 spiro atoms. The molecule has 1 N–H and O–H groups in total. The van der Waals surface area contributed by atoms with Crippen molar-refractivity contribution in [2.75, 3.05) is 19.7 Å². The first kappa shape index (κ1) is 16.0. The fraction of sp³-hybridized carbons (Fsp3) is 0.571. The Balaban J connectivity index is 2.15. The number of esters is 1. The Bertz CT molecular complexity index is 595. The zero-order valence-corrected chi connectivity index (χ0v) is 12.6. The highest BCUT2D eigenvalue weighted by Gasteiger charge is 2.32. The summed E-state index contributed by atoms with van der Waals surface area (Å²) in [7, 11) is 1.56. The maximum atomic E-state index is 12.5. The first-order chi connectivity index (χ1) is 10.4. The van der Waals surface area contributed by atoms with Crippen LogP contribution in [0.25, 0.3) is 0 Å². The zero-order chi connectivity index (χ0) is 16.3. The van der Waals surface area contributed by atoms with Gasteiger partial charge in [0.25, 0.3) is 5.91 Å². The van der Waals surface area contributed by atoms with E-state index in [0.29, 0.717) is 26.0 Å². The Morgan fingerprint density at radius 1 is 1.45 bits per heavy atom. The van der Waals surface area contributed by atoms with Crippen molar-refractivity contribution in [3.8, 4) is 0 Å². The molecule has 0 aromatic carbocycles. The summed E-state index contributed by atoms with van der Waals surface area (Å²) in [6.07, 6.45) is 2.63. The predicted octanol–water partition coefficient (Wildman–Crippen LogP) is 0.534. The number of carboxylic acids is 1. The maximum absolute atomic E-state index is 12.5. The first-order valence-corrected chi connectivity index (χ1v) is 7.16. The third kappa shape index (κ3) is 3.26. The van der Waals surface area contributed by atoms with E-state index in [0.717, 1.165) is 0 Å². The fourth-order valence-electron chi connectivity index (χ4n) is 2.57. The standard InChI is InChI=1S/C14H19N3O5/c1-3-22-14(21)9-5-4-6-17(7-9)12(18)11-10(13(19)20)8-16(2)15-11/h8-9H,3-7H2,1-2H3,(H,19,20)/t9-/m0/s1. The summed E-state index contributed by atoms with van der Waals surface area (Å²) in [5, 5.41) is 13.1. The number of piperidine rings is 1. The van der Waals surface area contributed by atoms with Crippen LogP contribution >= 0.6 is 0 Å². The van der Waals surface area contributed by atoms with Crippen LogP contribution in [0.3, 0.4) is 0 Å². The molecule has 1 aromatic rings. The number of carbonyl (C=O) groups is 3. The van der Waals surface area contributed by atoms with Gasteiger partial charge in [0.05, 0.1) is 12.5 Å². The van der Waals surface area contributed by atoms with E-state index in [9.17, 15) is 14.4 Å². The summed E-state index contributed by atoms with van der Waals surface area (Å²) in [6, 6.07) is 0. The van der Waals surface area contributed by atoms with Crippen LogP contribution in [0.2, 0.25) is 0 Å². The molecule has 1 atom stereocenters. The summed E-state index contributed by atoms with van der Waals surface area (Å²) in [5.74, 6) is -2.35. The Morgan fingerprint density at radius 3 is 2.82 bits per heavy atom. The Labute approximate surface area is 127 Å². The van der Waals surface area contributed by atoms with Gasteiger partial charge in [-0.15, -0.1) is 0 Å². The third-order valence-electron chi connectivity index (χ3n) is 3.59. The van der Waals surface area contributed by atoms with Crippen LogP contribution in [0.4, 0.5) is 0 Å². The van der Waals surface area contributed by atoms with Gasteiger partial charge in [0, 0.05) is 26.3 Å². The van der Waals surface area contributed by atoms with Crippen LogP contribution in [0.15, 0.2) is 6.20 Å². The molecule has 1 fully saturated rings. The minimum absolute atomic E-state index is 0.0977. The van der Waals surface area contributed by atoms with Crippen LogP contribution < -0.4 is 0 Å². The smallest absolute Gasteiger partial charge is 0.339 e. The highest BCUT2D eigenvalue weighted by Crippen LogP contribution is 2.20. The van der Waals surface area contributed by atoms with Gasteiger partial charge in [0.2, 0.25) is 0 Å². The molecular weight excluding hydrogens is 290 g/mol. The molecule has 1 amide bonds. The van der Waals surface area contributed by atoms with E-state index in [-0.39, 0.29) is 29.7 Å². The van der Waals surface area contributed by atoms with Crippen LogP contribution in [0, 0.1) is 5.92 Å². The number of hydrogen-bond acceptors (Lipinski definition) is 5. The first-order valence-electron chi connectivity index (χ1n) is 7.16. The van der Waals surface area contributed by atoms with Crippen molar-refractivity contribution in [1.29, 1.82) is 0 Å². The van der Waals surface area contributed by atoms with Gasteiger partial charge in [-0.05, 0) is 19.8 Å². The number of aromatic nitrogens is 2. The minimum Gasteiger partial charge on any atom is -0.478 e. The Morgan fingerprint density at radius 2 is 2.18 bits per heavy atom. The average Bonchev–Trinajstić information content (AvgIpc) is 2.89. The number of amides is 1. The molecule has 8 nitrogen and oxygen atoms in total. The number of nitrogens with zero attached hydrogens (tertiary/aromatic N) is 3. The number of hydrogen-bond donors (Lipinski definition) is 1. The predicted molar refractivity (Wildman–Crippen MR) is 75.4 cm³/mol. The van der Waals surface area contributed by atoms with Gasteiger partial charge >= 0.3 is 11.9 Å². The molecular formula is C14H19N3O5. The lowest BCUT2D eigenvalue weighted by atomic mass is 9.97. The van der Waals surface area contributed by atoms with Gasteiger partial charge in [0.1, 0.15) is 5.56 Å². The summed E-state index contributed by atoms with van der Waals surface area (Å²) in [4.78, 5) is 37.0. The Kier molecular flexibility index (Phi) is 4.79. The second kappa shape index (κ2) is 6.59. The minimum atomic E-state index is -1.20. The number of aromatic carboxylic acids is 1. The molecule has 0 unspecified atom stereocenters. The van der Waals surface area contributed by atoms with Crippen LogP contribution in [0.1, 0.15) is 40.6 Å². The summed E-state index contributed by atoms with van der Waals surface area (Å²) >= 11 is 0. The molecule has 0 saturated carbocycles. The molecule has 22 heavy (non-hydrogen) atoms. The van der Waals surface area contributed by atoms with Crippen LogP contribution in [-0.2, 0) is 16.6 Å². The monoisotopic (exact) mass is 309 g/mol. The van der Waals surface area contributed by atoms with Crippen molar-refractivity contribution in [2.45, 2.75) is 19.8 Å². The van der Waals surface area contributed by atoms with E-state index >= 15 is 0 Å². The molecule has 1 saturated heterocycles. The lowest BCUT2D eigenvalue weighted by Gasteiger charge is -2.31. The number of aryl methyl sites for hydroxylation is 1. The van der Waals surface area contributed by atoms with E-state index in [1.165, 1.54) is 15.8 Å². The van der Waals surface area contributed by atoms with Crippen molar-refractivity contribution < 1.29 is 24.2 Å². The molecule has 2 heterocycles. The number of carbonyl (C=O) groups excluding carboxylic acids is 2.